The number of hydrogen-bond donors (Lipinski definition) is 1. The summed E-state index contributed by atoms with van der Waals surface area (Å²) in [6, 6.07) is 8.26. The largest absolute Gasteiger partial charge is 0.493 e. The number of rotatable bonds is 6. The molecule has 1 atom stereocenters. The zero-order valence-electron chi connectivity index (χ0n) is 12.4. The smallest absolute Gasteiger partial charge is 0.161 e. The number of methoxy groups -OCH3 is 1. The van der Waals surface area contributed by atoms with Gasteiger partial charge in [-0.2, -0.15) is 5.10 Å². The van der Waals surface area contributed by atoms with Gasteiger partial charge in [0.05, 0.1) is 25.0 Å². The van der Waals surface area contributed by atoms with Gasteiger partial charge in [0, 0.05) is 21.2 Å². The van der Waals surface area contributed by atoms with Crippen molar-refractivity contribution in [3.63, 3.8) is 0 Å². The predicted molar refractivity (Wildman–Crippen MR) is 91.0 cm³/mol. The standard InChI is InChI=1S/C15H20BrN3OS/c1-10(2)19-15(13(20-3)8-18-19)12(17)9-21-14-7-5-4-6-11(14)16/h4-8,10,12H,9,17H2,1-3H3. The fourth-order valence-corrected chi connectivity index (χ4v) is 3.62. The maximum absolute atomic E-state index is 6.38. The summed E-state index contributed by atoms with van der Waals surface area (Å²) in [4.78, 5) is 1.18. The van der Waals surface area contributed by atoms with Crippen molar-refractivity contribution in [2.75, 3.05) is 12.9 Å². The van der Waals surface area contributed by atoms with E-state index >= 15 is 0 Å². The second kappa shape index (κ2) is 7.33. The molecule has 2 N–H and O–H groups in total. The lowest BCUT2D eigenvalue weighted by Crippen LogP contribution is -2.20. The van der Waals surface area contributed by atoms with Gasteiger partial charge in [0.2, 0.25) is 0 Å². The van der Waals surface area contributed by atoms with Crippen LogP contribution in [0, 0.1) is 0 Å². The van der Waals surface area contributed by atoms with Crippen LogP contribution in [0.5, 0.6) is 5.75 Å². The average Bonchev–Trinajstić information content (AvgIpc) is 2.90. The van der Waals surface area contributed by atoms with E-state index in [1.54, 1.807) is 25.1 Å². The Bertz CT molecular complexity index is 600. The second-order valence-corrected chi connectivity index (χ2v) is 6.90. The third-order valence-electron chi connectivity index (χ3n) is 3.11. The Labute approximate surface area is 138 Å². The van der Waals surface area contributed by atoms with E-state index < -0.39 is 0 Å². The van der Waals surface area contributed by atoms with Gasteiger partial charge >= 0.3 is 0 Å². The molecular weight excluding hydrogens is 350 g/mol. The minimum absolute atomic E-state index is 0.137. The van der Waals surface area contributed by atoms with Gasteiger partial charge in [-0.05, 0) is 41.9 Å². The van der Waals surface area contributed by atoms with Crippen LogP contribution in [0.3, 0.4) is 0 Å². The minimum atomic E-state index is -0.137. The predicted octanol–water partition coefficient (Wildman–Crippen LogP) is 4.03. The molecule has 2 rings (SSSR count). The highest BCUT2D eigenvalue weighted by atomic mass is 79.9. The Morgan fingerprint density at radius 3 is 2.71 bits per heavy atom. The molecule has 0 aliphatic rings. The average molecular weight is 370 g/mol. The minimum Gasteiger partial charge on any atom is -0.493 e. The normalized spacial score (nSPS) is 12.7. The summed E-state index contributed by atoms with van der Waals surface area (Å²) in [6.07, 6.45) is 1.73. The van der Waals surface area contributed by atoms with Crippen molar-refractivity contribution < 1.29 is 4.74 Å². The number of hydrogen-bond acceptors (Lipinski definition) is 4. The molecule has 6 heteroatoms. The van der Waals surface area contributed by atoms with E-state index in [1.807, 2.05) is 22.9 Å². The second-order valence-electron chi connectivity index (χ2n) is 4.98. The maximum atomic E-state index is 6.38. The lowest BCUT2D eigenvalue weighted by atomic mass is 10.2. The SMILES string of the molecule is COc1cnn(C(C)C)c1C(N)CSc1ccccc1Br. The first kappa shape index (κ1) is 16.4. The van der Waals surface area contributed by atoms with Crippen molar-refractivity contribution in [2.45, 2.75) is 30.8 Å². The number of thioether (sulfide) groups is 1. The molecule has 21 heavy (non-hydrogen) atoms. The summed E-state index contributed by atoms with van der Waals surface area (Å²) < 4.78 is 8.42. The Hall–Kier alpha value is -0.980. The van der Waals surface area contributed by atoms with Crippen LogP contribution >= 0.6 is 27.7 Å². The van der Waals surface area contributed by atoms with Crippen LogP contribution in [0.2, 0.25) is 0 Å². The van der Waals surface area contributed by atoms with E-state index in [0.29, 0.717) is 0 Å². The van der Waals surface area contributed by atoms with Crippen LogP contribution < -0.4 is 10.5 Å². The number of aromatic nitrogens is 2. The highest BCUT2D eigenvalue weighted by molar-refractivity contribution is 9.10. The lowest BCUT2D eigenvalue weighted by Gasteiger charge is -2.18. The van der Waals surface area contributed by atoms with Crippen LogP contribution in [0.25, 0.3) is 0 Å². The molecule has 0 saturated carbocycles. The summed E-state index contributed by atoms with van der Waals surface area (Å²) in [5.74, 6) is 1.51. The van der Waals surface area contributed by atoms with E-state index in [9.17, 15) is 0 Å². The van der Waals surface area contributed by atoms with E-state index in [-0.39, 0.29) is 12.1 Å². The van der Waals surface area contributed by atoms with Gasteiger partial charge < -0.3 is 10.5 Å². The van der Waals surface area contributed by atoms with Crippen molar-refractivity contribution in [1.82, 2.24) is 9.78 Å². The number of benzene rings is 1. The summed E-state index contributed by atoms with van der Waals surface area (Å²) in [6.45, 7) is 4.17. The molecule has 1 aromatic heterocycles. The topological polar surface area (TPSA) is 53.1 Å². The Morgan fingerprint density at radius 2 is 2.10 bits per heavy atom. The van der Waals surface area contributed by atoms with Crippen molar-refractivity contribution in [3.8, 4) is 5.75 Å². The van der Waals surface area contributed by atoms with Crippen LogP contribution in [0.15, 0.2) is 39.8 Å². The monoisotopic (exact) mass is 369 g/mol. The van der Waals surface area contributed by atoms with Gasteiger partial charge in [0.15, 0.2) is 5.75 Å². The molecule has 2 aromatic rings. The van der Waals surface area contributed by atoms with Crippen LogP contribution in [-0.2, 0) is 0 Å². The molecule has 1 aromatic carbocycles. The van der Waals surface area contributed by atoms with Crippen LogP contribution in [-0.4, -0.2) is 22.6 Å². The first-order valence-corrected chi connectivity index (χ1v) is 8.56. The Morgan fingerprint density at radius 1 is 1.38 bits per heavy atom. The highest BCUT2D eigenvalue weighted by Crippen LogP contribution is 2.33. The van der Waals surface area contributed by atoms with Gasteiger partial charge in [0.1, 0.15) is 0 Å². The van der Waals surface area contributed by atoms with Crippen LogP contribution in [0.1, 0.15) is 31.6 Å². The quantitative estimate of drug-likeness (QED) is 0.781. The van der Waals surface area contributed by atoms with E-state index in [1.165, 1.54) is 4.90 Å². The van der Waals surface area contributed by atoms with E-state index in [4.69, 9.17) is 10.5 Å². The van der Waals surface area contributed by atoms with E-state index in [2.05, 4.69) is 40.9 Å². The molecule has 114 valence electrons. The van der Waals surface area contributed by atoms with E-state index in [0.717, 1.165) is 21.7 Å². The zero-order chi connectivity index (χ0) is 15.4. The number of nitrogens with two attached hydrogens (primary N) is 1. The van der Waals surface area contributed by atoms with Crippen LogP contribution in [0.4, 0.5) is 0 Å². The molecule has 1 unspecified atom stereocenters. The third kappa shape index (κ3) is 3.81. The maximum Gasteiger partial charge on any atom is 0.161 e. The third-order valence-corrected chi connectivity index (χ3v) is 5.26. The molecule has 0 radical (unpaired) electrons. The first-order chi connectivity index (χ1) is 10.0. The van der Waals surface area contributed by atoms with Gasteiger partial charge in [-0.25, -0.2) is 0 Å². The molecule has 0 aliphatic carbocycles. The summed E-state index contributed by atoms with van der Waals surface area (Å²) in [7, 11) is 1.65. The Balaban J connectivity index is 2.15. The van der Waals surface area contributed by atoms with Crippen molar-refractivity contribution in [1.29, 1.82) is 0 Å². The molecule has 0 saturated heterocycles. The zero-order valence-corrected chi connectivity index (χ0v) is 14.8. The number of nitrogens with zero attached hydrogens (tertiary/aromatic N) is 2. The molecule has 1 heterocycles. The Kier molecular flexibility index (Phi) is 5.72. The fraction of sp³-hybridized carbons (Fsp3) is 0.400. The molecule has 4 nitrogen and oxygen atoms in total. The molecule has 0 fully saturated rings. The van der Waals surface area contributed by atoms with Crippen molar-refractivity contribution in [2.24, 2.45) is 5.73 Å². The van der Waals surface area contributed by atoms with Gasteiger partial charge in [-0.3, -0.25) is 4.68 Å². The number of halogens is 1. The fourth-order valence-electron chi connectivity index (χ4n) is 2.10. The van der Waals surface area contributed by atoms with Crippen molar-refractivity contribution in [3.05, 3.63) is 40.6 Å². The molecule has 0 spiro atoms. The molecule has 0 aliphatic heterocycles. The van der Waals surface area contributed by atoms with Gasteiger partial charge in [-0.15, -0.1) is 11.8 Å². The molecule has 0 bridgehead atoms. The molecule has 0 amide bonds. The lowest BCUT2D eigenvalue weighted by molar-refractivity contribution is 0.399. The first-order valence-electron chi connectivity index (χ1n) is 6.79. The summed E-state index contributed by atoms with van der Waals surface area (Å²) >= 11 is 5.28. The van der Waals surface area contributed by atoms with Crippen molar-refractivity contribution >= 4 is 27.7 Å². The summed E-state index contributed by atoms with van der Waals surface area (Å²) in [5, 5.41) is 4.37. The summed E-state index contributed by atoms with van der Waals surface area (Å²) in [5.41, 5.74) is 7.33. The number of ether oxygens (including phenoxy) is 1. The van der Waals surface area contributed by atoms with Gasteiger partial charge in [-0.1, -0.05) is 12.1 Å². The highest BCUT2D eigenvalue weighted by Gasteiger charge is 2.20. The van der Waals surface area contributed by atoms with Gasteiger partial charge in [0.25, 0.3) is 0 Å². The molecular formula is C15H20BrN3OS.